The fourth-order valence-electron chi connectivity index (χ4n) is 0.424. The molecule has 0 amide bonds. The molecule has 0 aliphatic heterocycles. The lowest BCUT2D eigenvalue weighted by Crippen LogP contribution is -2.23. The molecule has 0 fully saturated rings. The number of halogens is 1. The normalized spacial score (nSPS) is 11.6. The number of rotatable bonds is 3. The Hall–Kier alpha value is -0.370. The van der Waals surface area contributed by atoms with Gasteiger partial charge in [-0.2, -0.15) is 0 Å². The standard InChI is InChI=1S/C7H14FN/c1-6(5-9-4)7(2,3)8/h9H,1,5H2,2-4H3. The van der Waals surface area contributed by atoms with E-state index in [2.05, 4.69) is 11.9 Å². The van der Waals surface area contributed by atoms with Gasteiger partial charge in [-0.15, -0.1) is 0 Å². The molecule has 1 nitrogen and oxygen atoms in total. The van der Waals surface area contributed by atoms with Gasteiger partial charge in [0.2, 0.25) is 0 Å². The lowest BCUT2D eigenvalue weighted by atomic mass is 10.0. The fraction of sp³-hybridized carbons (Fsp3) is 0.714. The quantitative estimate of drug-likeness (QED) is 0.572. The zero-order chi connectivity index (χ0) is 7.49. The third-order valence-electron chi connectivity index (χ3n) is 1.23. The molecule has 0 saturated heterocycles. The highest BCUT2D eigenvalue weighted by Gasteiger charge is 2.18. The first kappa shape index (κ1) is 8.63. The highest BCUT2D eigenvalue weighted by Crippen LogP contribution is 2.17. The molecule has 1 N–H and O–H groups in total. The van der Waals surface area contributed by atoms with E-state index in [1.54, 1.807) is 7.05 Å². The van der Waals surface area contributed by atoms with E-state index in [-0.39, 0.29) is 0 Å². The summed E-state index contributed by atoms with van der Waals surface area (Å²) in [5.41, 5.74) is -0.659. The van der Waals surface area contributed by atoms with Crippen molar-refractivity contribution in [3.8, 4) is 0 Å². The van der Waals surface area contributed by atoms with Gasteiger partial charge in [0.25, 0.3) is 0 Å². The number of nitrogens with one attached hydrogen (secondary N) is 1. The lowest BCUT2D eigenvalue weighted by molar-refractivity contribution is 0.264. The average molecular weight is 131 g/mol. The van der Waals surface area contributed by atoms with Crippen molar-refractivity contribution in [2.75, 3.05) is 13.6 Å². The molecular formula is C7H14FN. The van der Waals surface area contributed by atoms with Gasteiger partial charge < -0.3 is 5.32 Å². The molecule has 2 heteroatoms. The van der Waals surface area contributed by atoms with Crippen LogP contribution < -0.4 is 5.32 Å². The van der Waals surface area contributed by atoms with Crippen LogP contribution in [0.4, 0.5) is 4.39 Å². The van der Waals surface area contributed by atoms with E-state index < -0.39 is 5.67 Å². The smallest absolute Gasteiger partial charge is 0.127 e. The maximum absolute atomic E-state index is 12.8. The largest absolute Gasteiger partial charge is 0.316 e. The Kier molecular flexibility index (Phi) is 2.85. The summed E-state index contributed by atoms with van der Waals surface area (Å²) in [5, 5.41) is 2.83. The molecule has 0 unspecified atom stereocenters. The van der Waals surface area contributed by atoms with Crippen LogP contribution in [0.25, 0.3) is 0 Å². The van der Waals surface area contributed by atoms with Crippen LogP contribution in [0.3, 0.4) is 0 Å². The maximum atomic E-state index is 12.8. The van der Waals surface area contributed by atoms with Crippen LogP contribution in [-0.4, -0.2) is 19.3 Å². The maximum Gasteiger partial charge on any atom is 0.127 e. The molecule has 0 aliphatic rings. The Labute approximate surface area is 56.0 Å². The van der Waals surface area contributed by atoms with E-state index in [1.807, 2.05) is 0 Å². The van der Waals surface area contributed by atoms with Crippen molar-refractivity contribution in [3.05, 3.63) is 12.2 Å². The molecule has 0 atom stereocenters. The Bertz CT molecular complexity index is 102. The van der Waals surface area contributed by atoms with Crippen molar-refractivity contribution < 1.29 is 4.39 Å². The van der Waals surface area contributed by atoms with Gasteiger partial charge in [0.05, 0.1) is 0 Å². The topological polar surface area (TPSA) is 12.0 Å². The van der Waals surface area contributed by atoms with Gasteiger partial charge in [0.15, 0.2) is 0 Å². The van der Waals surface area contributed by atoms with E-state index in [0.29, 0.717) is 12.1 Å². The summed E-state index contributed by atoms with van der Waals surface area (Å²) < 4.78 is 12.8. The van der Waals surface area contributed by atoms with E-state index in [0.717, 1.165) is 0 Å². The molecule has 0 rings (SSSR count). The van der Waals surface area contributed by atoms with Crippen LogP contribution in [0.15, 0.2) is 12.2 Å². The molecule has 0 aliphatic carbocycles. The summed E-state index contributed by atoms with van der Waals surface area (Å²) in [6, 6.07) is 0. The monoisotopic (exact) mass is 131 g/mol. The minimum Gasteiger partial charge on any atom is -0.316 e. The van der Waals surface area contributed by atoms with Gasteiger partial charge in [-0.1, -0.05) is 6.58 Å². The van der Waals surface area contributed by atoms with Crippen LogP contribution in [0.5, 0.6) is 0 Å². The number of likely N-dealkylation sites (N-methyl/N-ethyl adjacent to an activating group) is 1. The SMILES string of the molecule is C=C(CNC)C(C)(C)F. The Morgan fingerprint density at radius 2 is 2.11 bits per heavy atom. The zero-order valence-corrected chi connectivity index (χ0v) is 6.29. The second-order valence-corrected chi connectivity index (χ2v) is 2.61. The average Bonchev–Trinajstić information content (AvgIpc) is 1.64. The second-order valence-electron chi connectivity index (χ2n) is 2.61. The van der Waals surface area contributed by atoms with E-state index in [9.17, 15) is 4.39 Å². The van der Waals surface area contributed by atoms with Crippen molar-refractivity contribution in [2.24, 2.45) is 0 Å². The van der Waals surface area contributed by atoms with Crippen LogP contribution >= 0.6 is 0 Å². The van der Waals surface area contributed by atoms with Crippen molar-refractivity contribution >= 4 is 0 Å². The molecule has 0 aromatic carbocycles. The number of hydrogen-bond donors (Lipinski definition) is 1. The predicted octanol–water partition coefficient (Wildman–Crippen LogP) is 1.51. The first-order valence-corrected chi connectivity index (χ1v) is 3.00. The Morgan fingerprint density at radius 3 is 2.22 bits per heavy atom. The summed E-state index contributed by atoms with van der Waals surface area (Å²) >= 11 is 0. The van der Waals surface area contributed by atoms with Crippen molar-refractivity contribution in [3.63, 3.8) is 0 Å². The highest BCUT2D eigenvalue weighted by atomic mass is 19.1. The molecule has 0 bridgehead atoms. The summed E-state index contributed by atoms with van der Waals surface area (Å²) in [6.07, 6.45) is 0. The fourth-order valence-corrected chi connectivity index (χ4v) is 0.424. The summed E-state index contributed by atoms with van der Waals surface area (Å²) in [4.78, 5) is 0. The molecule has 0 aromatic heterocycles. The molecule has 9 heavy (non-hydrogen) atoms. The van der Waals surface area contributed by atoms with Gasteiger partial charge in [-0.05, 0) is 26.5 Å². The third kappa shape index (κ3) is 3.25. The van der Waals surface area contributed by atoms with Gasteiger partial charge >= 0.3 is 0 Å². The summed E-state index contributed by atoms with van der Waals surface area (Å²) in [5.74, 6) is 0. The van der Waals surface area contributed by atoms with Crippen LogP contribution in [-0.2, 0) is 0 Å². The van der Waals surface area contributed by atoms with Crippen LogP contribution in [0.2, 0.25) is 0 Å². The zero-order valence-electron chi connectivity index (χ0n) is 6.29. The van der Waals surface area contributed by atoms with Crippen molar-refractivity contribution in [1.82, 2.24) is 5.32 Å². The Balaban J connectivity index is 3.74. The Morgan fingerprint density at radius 1 is 1.67 bits per heavy atom. The molecule has 0 heterocycles. The minimum atomic E-state index is -1.25. The van der Waals surface area contributed by atoms with Gasteiger partial charge in [0, 0.05) is 6.54 Å². The third-order valence-corrected chi connectivity index (χ3v) is 1.23. The van der Waals surface area contributed by atoms with E-state index in [4.69, 9.17) is 0 Å². The van der Waals surface area contributed by atoms with Gasteiger partial charge in [-0.25, -0.2) is 4.39 Å². The molecular weight excluding hydrogens is 117 g/mol. The van der Waals surface area contributed by atoms with Crippen LogP contribution in [0, 0.1) is 0 Å². The first-order valence-electron chi connectivity index (χ1n) is 3.00. The van der Waals surface area contributed by atoms with E-state index in [1.165, 1.54) is 13.8 Å². The van der Waals surface area contributed by atoms with Crippen molar-refractivity contribution in [1.29, 1.82) is 0 Å². The van der Waals surface area contributed by atoms with Gasteiger partial charge in [0.1, 0.15) is 5.67 Å². The van der Waals surface area contributed by atoms with Crippen molar-refractivity contribution in [2.45, 2.75) is 19.5 Å². The predicted molar refractivity (Wildman–Crippen MR) is 38.3 cm³/mol. The molecule has 54 valence electrons. The molecule has 0 spiro atoms. The minimum absolute atomic E-state index is 0.545. The molecule has 0 radical (unpaired) electrons. The lowest BCUT2D eigenvalue weighted by Gasteiger charge is -2.16. The van der Waals surface area contributed by atoms with Gasteiger partial charge in [-0.3, -0.25) is 0 Å². The first-order chi connectivity index (χ1) is 3.98. The highest BCUT2D eigenvalue weighted by molar-refractivity contribution is 5.10. The molecule has 0 saturated carbocycles. The molecule has 0 aromatic rings. The summed E-state index contributed by atoms with van der Waals surface area (Å²) in [7, 11) is 1.77. The van der Waals surface area contributed by atoms with E-state index >= 15 is 0 Å². The number of alkyl halides is 1. The second kappa shape index (κ2) is 2.97. The van der Waals surface area contributed by atoms with Crippen LogP contribution in [0.1, 0.15) is 13.8 Å². The summed E-state index contributed by atoms with van der Waals surface area (Å²) in [6.45, 7) is 7.14. The number of hydrogen-bond acceptors (Lipinski definition) is 1.